The predicted molar refractivity (Wildman–Crippen MR) is 94.2 cm³/mol. The third kappa shape index (κ3) is 5.95. The number of esters is 2. The third-order valence-corrected chi connectivity index (χ3v) is 3.58. The van der Waals surface area contributed by atoms with Crippen LogP contribution in [-0.2, 0) is 4.79 Å². The standard InChI is InChI=1S/C20H22O5/c1-3-4-5-6-19(21)24-17-9-7-15(8-10-17)20(22)25-18-13-11-16(23-2)12-14-18/h7-14H,3-6H2,1-2H3. The topological polar surface area (TPSA) is 61.8 Å². The van der Waals surface area contributed by atoms with Gasteiger partial charge in [-0.1, -0.05) is 19.8 Å². The molecule has 0 fully saturated rings. The van der Waals surface area contributed by atoms with E-state index in [-0.39, 0.29) is 5.97 Å². The van der Waals surface area contributed by atoms with Gasteiger partial charge in [-0.3, -0.25) is 4.79 Å². The minimum atomic E-state index is -0.481. The van der Waals surface area contributed by atoms with Crippen molar-refractivity contribution in [3.8, 4) is 17.2 Å². The minimum absolute atomic E-state index is 0.262. The lowest BCUT2D eigenvalue weighted by atomic mass is 10.2. The van der Waals surface area contributed by atoms with Crippen LogP contribution in [0.15, 0.2) is 48.5 Å². The van der Waals surface area contributed by atoms with Gasteiger partial charge in [0.2, 0.25) is 0 Å². The summed E-state index contributed by atoms with van der Waals surface area (Å²) in [7, 11) is 1.57. The summed E-state index contributed by atoms with van der Waals surface area (Å²) in [5.74, 6) is 0.789. The van der Waals surface area contributed by atoms with Crippen LogP contribution in [-0.4, -0.2) is 19.0 Å². The quantitative estimate of drug-likeness (QED) is 0.404. The molecule has 0 aliphatic carbocycles. The van der Waals surface area contributed by atoms with Crippen LogP contribution in [0, 0.1) is 0 Å². The number of ether oxygens (including phenoxy) is 3. The Hall–Kier alpha value is -2.82. The molecule has 5 heteroatoms. The van der Waals surface area contributed by atoms with Crippen LogP contribution in [0.4, 0.5) is 0 Å². The van der Waals surface area contributed by atoms with Gasteiger partial charge in [0, 0.05) is 6.42 Å². The highest BCUT2D eigenvalue weighted by atomic mass is 16.5. The first-order valence-corrected chi connectivity index (χ1v) is 8.29. The zero-order valence-corrected chi connectivity index (χ0v) is 14.5. The highest BCUT2D eigenvalue weighted by molar-refractivity contribution is 5.91. The number of carbonyl (C=O) groups is 2. The largest absolute Gasteiger partial charge is 0.497 e. The summed E-state index contributed by atoms with van der Waals surface area (Å²) in [5, 5.41) is 0. The van der Waals surface area contributed by atoms with E-state index < -0.39 is 5.97 Å². The molecule has 0 amide bonds. The molecule has 0 aromatic heterocycles. The zero-order valence-electron chi connectivity index (χ0n) is 14.5. The van der Waals surface area contributed by atoms with E-state index in [9.17, 15) is 9.59 Å². The number of methoxy groups -OCH3 is 1. The maximum Gasteiger partial charge on any atom is 0.343 e. The molecule has 132 valence electrons. The molecular formula is C20H22O5. The van der Waals surface area contributed by atoms with Gasteiger partial charge in [-0.15, -0.1) is 0 Å². The van der Waals surface area contributed by atoms with Crippen molar-refractivity contribution in [1.82, 2.24) is 0 Å². The van der Waals surface area contributed by atoms with E-state index in [4.69, 9.17) is 14.2 Å². The molecule has 0 atom stereocenters. The first kappa shape index (κ1) is 18.5. The van der Waals surface area contributed by atoms with Gasteiger partial charge in [0.1, 0.15) is 17.2 Å². The van der Waals surface area contributed by atoms with Crippen molar-refractivity contribution in [2.45, 2.75) is 32.6 Å². The van der Waals surface area contributed by atoms with E-state index in [0.29, 0.717) is 29.2 Å². The summed E-state index contributed by atoms with van der Waals surface area (Å²) < 4.78 is 15.6. The van der Waals surface area contributed by atoms with Gasteiger partial charge in [0.15, 0.2) is 0 Å². The molecule has 2 aromatic carbocycles. The summed E-state index contributed by atoms with van der Waals surface area (Å²) in [4.78, 5) is 23.8. The monoisotopic (exact) mass is 342 g/mol. The van der Waals surface area contributed by atoms with Gasteiger partial charge < -0.3 is 14.2 Å². The van der Waals surface area contributed by atoms with Crippen molar-refractivity contribution in [2.75, 3.05) is 7.11 Å². The van der Waals surface area contributed by atoms with E-state index in [1.54, 1.807) is 55.6 Å². The van der Waals surface area contributed by atoms with E-state index in [1.807, 2.05) is 0 Å². The maximum atomic E-state index is 12.1. The van der Waals surface area contributed by atoms with Crippen molar-refractivity contribution in [1.29, 1.82) is 0 Å². The minimum Gasteiger partial charge on any atom is -0.497 e. The molecular weight excluding hydrogens is 320 g/mol. The van der Waals surface area contributed by atoms with Crippen molar-refractivity contribution in [3.63, 3.8) is 0 Å². The molecule has 0 saturated heterocycles. The average Bonchev–Trinajstić information content (AvgIpc) is 2.63. The van der Waals surface area contributed by atoms with Crippen molar-refractivity contribution in [2.24, 2.45) is 0 Å². The van der Waals surface area contributed by atoms with Crippen molar-refractivity contribution < 1.29 is 23.8 Å². The number of unbranched alkanes of at least 4 members (excludes halogenated alkanes) is 2. The van der Waals surface area contributed by atoms with Gasteiger partial charge in [0.25, 0.3) is 0 Å². The van der Waals surface area contributed by atoms with Crippen LogP contribution in [0.25, 0.3) is 0 Å². The van der Waals surface area contributed by atoms with E-state index >= 15 is 0 Å². The Morgan fingerprint density at radius 2 is 1.36 bits per heavy atom. The fourth-order valence-corrected chi connectivity index (χ4v) is 2.17. The Bertz CT molecular complexity index is 689. The lowest BCUT2D eigenvalue weighted by Gasteiger charge is -2.07. The summed E-state index contributed by atoms with van der Waals surface area (Å²) in [6.45, 7) is 2.08. The van der Waals surface area contributed by atoms with Crippen LogP contribution in [0.3, 0.4) is 0 Å². The number of hydrogen-bond acceptors (Lipinski definition) is 5. The number of rotatable bonds is 8. The molecule has 0 aliphatic rings. The van der Waals surface area contributed by atoms with Gasteiger partial charge in [-0.2, -0.15) is 0 Å². The van der Waals surface area contributed by atoms with Crippen LogP contribution in [0.1, 0.15) is 43.0 Å². The Kier molecular flexibility index (Phi) is 7.01. The van der Waals surface area contributed by atoms with Gasteiger partial charge in [0.05, 0.1) is 12.7 Å². The number of benzene rings is 2. The lowest BCUT2D eigenvalue weighted by molar-refractivity contribution is -0.134. The fraction of sp³-hybridized carbons (Fsp3) is 0.300. The highest BCUT2D eigenvalue weighted by Gasteiger charge is 2.10. The Balaban J connectivity index is 1.89. The number of hydrogen-bond donors (Lipinski definition) is 0. The van der Waals surface area contributed by atoms with Crippen molar-refractivity contribution >= 4 is 11.9 Å². The Morgan fingerprint density at radius 1 is 0.800 bits per heavy atom. The fourth-order valence-electron chi connectivity index (χ4n) is 2.17. The molecule has 0 N–H and O–H groups in total. The number of carbonyl (C=O) groups excluding carboxylic acids is 2. The van der Waals surface area contributed by atoms with Crippen LogP contribution in [0.5, 0.6) is 17.2 Å². The molecule has 0 saturated carbocycles. The first-order chi connectivity index (χ1) is 12.1. The molecule has 2 aromatic rings. The molecule has 0 radical (unpaired) electrons. The summed E-state index contributed by atoms with van der Waals surface area (Å²) in [5.41, 5.74) is 0.376. The smallest absolute Gasteiger partial charge is 0.343 e. The second-order valence-corrected chi connectivity index (χ2v) is 5.52. The third-order valence-electron chi connectivity index (χ3n) is 3.58. The molecule has 0 spiro atoms. The van der Waals surface area contributed by atoms with E-state index in [0.717, 1.165) is 19.3 Å². The first-order valence-electron chi connectivity index (χ1n) is 8.29. The molecule has 0 aliphatic heterocycles. The average molecular weight is 342 g/mol. The molecule has 0 heterocycles. The molecule has 0 bridgehead atoms. The molecule has 25 heavy (non-hydrogen) atoms. The Morgan fingerprint density at radius 3 is 1.96 bits per heavy atom. The SMILES string of the molecule is CCCCCC(=O)Oc1ccc(C(=O)Oc2ccc(OC)cc2)cc1. The normalized spacial score (nSPS) is 10.2. The maximum absolute atomic E-state index is 12.1. The highest BCUT2D eigenvalue weighted by Crippen LogP contribution is 2.19. The van der Waals surface area contributed by atoms with Gasteiger partial charge in [-0.05, 0) is 55.0 Å². The van der Waals surface area contributed by atoms with Gasteiger partial charge in [-0.25, -0.2) is 4.79 Å². The van der Waals surface area contributed by atoms with Crippen molar-refractivity contribution in [3.05, 3.63) is 54.1 Å². The lowest BCUT2D eigenvalue weighted by Crippen LogP contribution is -2.10. The van der Waals surface area contributed by atoms with Crippen LogP contribution >= 0.6 is 0 Å². The van der Waals surface area contributed by atoms with E-state index in [2.05, 4.69) is 6.92 Å². The summed E-state index contributed by atoms with van der Waals surface area (Å²) in [6.07, 6.45) is 3.28. The predicted octanol–water partition coefficient (Wildman–Crippen LogP) is 4.40. The van der Waals surface area contributed by atoms with Gasteiger partial charge >= 0.3 is 11.9 Å². The summed E-state index contributed by atoms with van der Waals surface area (Å²) >= 11 is 0. The van der Waals surface area contributed by atoms with E-state index in [1.165, 1.54) is 0 Å². The molecule has 2 rings (SSSR count). The summed E-state index contributed by atoms with van der Waals surface area (Å²) in [6, 6.07) is 13.0. The second-order valence-electron chi connectivity index (χ2n) is 5.52. The van der Waals surface area contributed by atoms with Crippen LogP contribution in [0.2, 0.25) is 0 Å². The zero-order chi connectivity index (χ0) is 18.1. The Labute approximate surface area is 147 Å². The second kappa shape index (κ2) is 9.47. The molecule has 5 nitrogen and oxygen atoms in total. The molecule has 0 unspecified atom stereocenters. The van der Waals surface area contributed by atoms with Crippen LogP contribution < -0.4 is 14.2 Å².